The van der Waals surface area contributed by atoms with Gasteiger partial charge in [0.25, 0.3) is 10.0 Å². The van der Waals surface area contributed by atoms with Crippen molar-refractivity contribution < 1.29 is 8.42 Å². The van der Waals surface area contributed by atoms with Gasteiger partial charge in [0.1, 0.15) is 0 Å². The van der Waals surface area contributed by atoms with Crippen LogP contribution >= 0.6 is 0 Å². The summed E-state index contributed by atoms with van der Waals surface area (Å²) in [5.41, 5.74) is 6.19. The largest absolute Gasteiger partial charge is 0.286 e. The van der Waals surface area contributed by atoms with Gasteiger partial charge in [-0.05, 0) is 60.7 Å². The molecule has 0 spiro atoms. The summed E-state index contributed by atoms with van der Waals surface area (Å²) in [5, 5.41) is 1.76. The van der Waals surface area contributed by atoms with Crippen molar-refractivity contribution in [3.63, 3.8) is 0 Å². The zero-order valence-corrected chi connectivity index (χ0v) is 18.6. The van der Waals surface area contributed by atoms with Gasteiger partial charge in [-0.15, -0.1) is 0 Å². The Hall–Kier alpha value is -4.36. The first-order valence-corrected chi connectivity index (χ1v) is 12.2. The number of benzene rings is 2. The maximum Gasteiger partial charge on any atom is 0.286 e. The zero-order valence-electron chi connectivity index (χ0n) is 17.8. The van der Waals surface area contributed by atoms with Crippen molar-refractivity contribution in [2.45, 2.75) is 5.03 Å². The molecule has 6 nitrogen and oxygen atoms in total. The fourth-order valence-corrected chi connectivity index (χ4v) is 6.50. The van der Waals surface area contributed by atoms with Crippen LogP contribution in [0.4, 0.5) is 0 Å². The van der Waals surface area contributed by atoms with Gasteiger partial charge in [0.15, 0.2) is 5.03 Å². The van der Waals surface area contributed by atoms with Crippen molar-refractivity contribution in [2.24, 2.45) is 0 Å². The van der Waals surface area contributed by atoms with E-state index in [-0.39, 0.29) is 5.03 Å². The average molecular weight is 461 g/mol. The molecular weight excluding hydrogens is 444 g/mol. The number of aromatic nitrogens is 4. The van der Waals surface area contributed by atoms with Crippen LogP contribution in [-0.2, 0) is 10.0 Å². The van der Waals surface area contributed by atoms with E-state index in [1.54, 1.807) is 18.5 Å². The summed E-state index contributed by atoms with van der Waals surface area (Å²) in [7, 11) is -3.87. The minimum atomic E-state index is -3.87. The van der Waals surface area contributed by atoms with E-state index in [0.717, 1.165) is 38.9 Å². The first kappa shape index (κ1) is 19.1. The molecule has 0 radical (unpaired) electrons. The molecule has 0 saturated carbocycles. The lowest BCUT2D eigenvalue weighted by molar-refractivity contribution is 0.586. The first-order chi connectivity index (χ1) is 16.6. The number of pyridine rings is 3. The minimum Gasteiger partial charge on any atom is -0.256 e. The third-order valence-electron chi connectivity index (χ3n) is 6.29. The summed E-state index contributed by atoms with van der Waals surface area (Å²) in [4.78, 5) is 13.3. The molecule has 5 heterocycles. The highest BCUT2D eigenvalue weighted by molar-refractivity contribution is 7.90. The van der Waals surface area contributed by atoms with Crippen LogP contribution < -0.4 is 0 Å². The van der Waals surface area contributed by atoms with Gasteiger partial charge in [-0.2, -0.15) is 8.42 Å². The highest BCUT2D eigenvalue weighted by Crippen LogP contribution is 2.46. The van der Waals surface area contributed by atoms with Crippen LogP contribution in [0, 0.1) is 0 Å². The van der Waals surface area contributed by atoms with Crippen LogP contribution in [0.5, 0.6) is 0 Å². The van der Waals surface area contributed by atoms with E-state index in [4.69, 9.17) is 0 Å². The van der Waals surface area contributed by atoms with Gasteiger partial charge in [-0.3, -0.25) is 9.97 Å². The van der Waals surface area contributed by atoms with Gasteiger partial charge in [0.2, 0.25) is 0 Å². The summed E-state index contributed by atoms with van der Waals surface area (Å²) in [5.74, 6) is 0. The molecule has 6 aromatic rings. The molecule has 0 bridgehead atoms. The van der Waals surface area contributed by atoms with Crippen molar-refractivity contribution in [2.75, 3.05) is 0 Å². The Balaban J connectivity index is 1.67. The SMILES string of the molecule is O=S1(=O)c2ncccc2-c2cc(-c3ccccn3)cc3c4cc(-c5ccccn5)ccc4n1c23. The Morgan fingerprint density at radius 3 is 2.06 bits per heavy atom. The number of rotatable bonds is 2. The first-order valence-electron chi connectivity index (χ1n) is 10.8. The topological polar surface area (TPSA) is 77.7 Å². The van der Waals surface area contributed by atoms with Gasteiger partial charge in [0, 0.05) is 51.6 Å². The lowest BCUT2D eigenvalue weighted by Gasteiger charge is -2.20. The van der Waals surface area contributed by atoms with E-state index in [1.165, 1.54) is 10.2 Å². The molecule has 0 unspecified atom stereocenters. The Kier molecular flexibility index (Phi) is 3.84. The molecule has 34 heavy (non-hydrogen) atoms. The van der Waals surface area contributed by atoms with E-state index in [1.807, 2.05) is 72.8 Å². The highest BCUT2D eigenvalue weighted by Gasteiger charge is 2.34. The maximum atomic E-state index is 13.7. The van der Waals surface area contributed by atoms with Gasteiger partial charge in [-0.25, -0.2) is 8.96 Å². The third-order valence-corrected chi connectivity index (χ3v) is 7.96. The Morgan fingerprint density at radius 1 is 0.618 bits per heavy atom. The molecule has 162 valence electrons. The highest BCUT2D eigenvalue weighted by atomic mass is 32.2. The van der Waals surface area contributed by atoms with Gasteiger partial charge < -0.3 is 0 Å². The van der Waals surface area contributed by atoms with Crippen LogP contribution in [0.1, 0.15) is 0 Å². The van der Waals surface area contributed by atoms with Crippen LogP contribution in [0.2, 0.25) is 0 Å². The normalized spacial score (nSPS) is 13.8. The summed E-state index contributed by atoms with van der Waals surface area (Å²) in [6, 6.07) is 24.9. The fraction of sp³-hybridized carbons (Fsp3) is 0. The molecule has 0 N–H and O–H groups in total. The monoisotopic (exact) mass is 460 g/mol. The number of nitrogens with zero attached hydrogens (tertiary/aromatic N) is 4. The minimum absolute atomic E-state index is 0.0632. The molecule has 1 aliphatic heterocycles. The van der Waals surface area contributed by atoms with E-state index in [2.05, 4.69) is 15.0 Å². The fourth-order valence-electron chi connectivity index (χ4n) is 4.82. The van der Waals surface area contributed by atoms with Crippen molar-refractivity contribution in [1.29, 1.82) is 0 Å². The van der Waals surface area contributed by atoms with Crippen LogP contribution in [0.3, 0.4) is 0 Å². The Labute approximate surface area is 195 Å². The van der Waals surface area contributed by atoms with E-state index in [0.29, 0.717) is 16.6 Å². The number of hydrogen-bond donors (Lipinski definition) is 0. The summed E-state index contributed by atoms with van der Waals surface area (Å²) < 4.78 is 28.9. The lowest BCUT2D eigenvalue weighted by Crippen LogP contribution is -2.19. The summed E-state index contributed by atoms with van der Waals surface area (Å²) in [6.07, 6.45) is 5.03. The zero-order chi connectivity index (χ0) is 22.9. The molecule has 1 aliphatic rings. The Morgan fingerprint density at radius 2 is 1.32 bits per heavy atom. The average Bonchev–Trinajstić information content (AvgIpc) is 3.23. The van der Waals surface area contributed by atoms with Crippen molar-refractivity contribution in [3.8, 4) is 33.6 Å². The molecule has 0 fully saturated rings. The predicted octanol–water partition coefficient (Wildman–Crippen LogP) is 5.53. The Bertz CT molecular complexity index is 1860. The van der Waals surface area contributed by atoms with Crippen LogP contribution in [0.25, 0.3) is 55.4 Å². The molecule has 2 aromatic carbocycles. The number of hydrogen-bond acceptors (Lipinski definition) is 5. The van der Waals surface area contributed by atoms with Gasteiger partial charge >= 0.3 is 0 Å². The molecule has 0 aliphatic carbocycles. The standard InChI is InChI=1S/C27H16N4O2S/c32-34(33)27-19(6-5-13-30-27)21-15-18(24-8-2-4-12-29-24)16-22-20-14-17(23-7-1-3-11-28-23)9-10-25(20)31(34)26(21)22/h1-16H. The molecule has 4 aromatic heterocycles. The predicted molar refractivity (Wildman–Crippen MR) is 132 cm³/mol. The molecule has 7 heteroatoms. The van der Waals surface area contributed by atoms with Crippen LogP contribution in [0.15, 0.2) is 102 Å². The van der Waals surface area contributed by atoms with Crippen LogP contribution in [-0.4, -0.2) is 27.3 Å². The van der Waals surface area contributed by atoms with Crippen molar-refractivity contribution >= 4 is 31.8 Å². The maximum absolute atomic E-state index is 13.7. The lowest BCUT2D eigenvalue weighted by atomic mass is 9.97. The van der Waals surface area contributed by atoms with Crippen molar-refractivity contribution in [3.05, 3.63) is 97.5 Å². The molecule has 7 rings (SSSR count). The third kappa shape index (κ3) is 2.55. The smallest absolute Gasteiger partial charge is 0.256 e. The summed E-state index contributed by atoms with van der Waals surface area (Å²) in [6.45, 7) is 0. The second-order valence-corrected chi connectivity index (χ2v) is 9.91. The molecule has 0 atom stereocenters. The second-order valence-electron chi connectivity index (χ2n) is 8.21. The summed E-state index contributed by atoms with van der Waals surface area (Å²) >= 11 is 0. The van der Waals surface area contributed by atoms with Crippen molar-refractivity contribution in [1.82, 2.24) is 18.9 Å². The molecule has 0 amide bonds. The molecule has 0 saturated heterocycles. The number of fused-ring (bicyclic) bond motifs is 5. The second kappa shape index (κ2) is 6.82. The quantitative estimate of drug-likeness (QED) is 0.339. The molecular formula is C27H16N4O2S. The van der Waals surface area contributed by atoms with Gasteiger partial charge in [0.05, 0.1) is 22.4 Å². The van der Waals surface area contributed by atoms with Gasteiger partial charge in [-0.1, -0.05) is 18.2 Å². The van der Waals surface area contributed by atoms with E-state index < -0.39 is 10.0 Å². The van der Waals surface area contributed by atoms with E-state index in [9.17, 15) is 8.42 Å². The van der Waals surface area contributed by atoms with E-state index >= 15 is 0 Å².